The van der Waals surface area contributed by atoms with Gasteiger partial charge in [0.1, 0.15) is 6.07 Å². The Morgan fingerprint density at radius 2 is 1.67 bits per heavy atom. The molecular weight excluding hydrogens is 148 g/mol. The zero-order valence-electron chi connectivity index (χ0n) is 8.31. The molecule has 2 heteroatoms. The van der Waals surface area contributed by atoms with Gasteiger partial charge in [-0.15, -0.1) is 0 Å². The van der Waals surface area contributed by atoms with Crippen LogP contribution in [0.1, 0.15) is 27.7 Å². The molecule has 0 radical (unpaired) electrons. The summed E-state index contributed by atoms with van der Waals surface area (Å²) in [6.07, 6.45) is 0. The van der Waals surface area contributed by atoms with E-state index in [2.05, 4.69) is 18.2 Å². The summed E-state index contributed by atoms with van der Waals surface area (Å²) < 4.78 is 0. The lowest BCUT2D eigenvalue weighted by atomic mass is 10.2. The van der Waals surface area contributed by atoms with Crippen LogP contribution in [-0.2, 0) is 0 Å². The molecule has 0 unspecified atom stereocenters. The van der Waals surface area contributed by atoms with Crippen LogP contribution in [0, 0.1) is 11.3 Å². The fourth-order valence-corrected chi connectivity index (χ4v) is 0.435. The Labute approximate surface area is 74.9 Å². The molecule has 2 nitrogen and oxygen atoms in total. The van der Waals surface area contributed by atoms with Crippen LogP contribution in [-0.4, -0.2) is 5.71 Å². The van der Waals surface area contributed by atoms with Crippen molar-refractivity contribution in [3.63, 3.8) is 0 Å². The average Bonchev–Trinajstić information content (AvgIpc) is 2.05. The van der Waals surface area contributed by atoms with Gasteiger partial charge in [0.2, 0.25) is 0 Å². The van der Waals surface area contributed by atoms with Crippen LogP contribution in [0.4, 0.5) is 0 Å². The molecule has 0 aromatic heterocycles. The van der Waals surface area contributed by atoms with Crippen molar-refractivity contribution in [2.45, 2.75) is 27.7 Å². The van der Waals surface area contributed by atoms with Gasteiger partial charge in [-0.1, -0.05) is 27.0 Å². The van der Waals surface area contributed by atoms with Gasteiger partial charge in [0, 0.05) is 5.70 Å². The quantitative estimate of drug-likeness (QED) is 0.456. The molecule has 0 aliphatic rings. The highest BCUT2D eigenvalue weighted by atomic mass is 14.7. The van der Waals surface area contributed by atoms with Gasteiger partial charge in [0.15, 0.2) is 0 Å². The number of allylic oxidation sites excluding steroid dienone is 2. The SMILES string of the molecule is C=C(C)N=C(C)C(=C)C#N.CC. The third kappa shape index (κ3) is 6.76. The highest BCUT2D eigenvalue weighted by molar-refractivity contribution is 6.01. The zero-order valence-corrected chi connectivity index (χ0v) is 8.31. The van der Waals surface area contributed by atoms with Crippen molar-refractivity contribution in [2.24, 2.45) is 4.99 Å². The van der Waals surface area contributed by atoms with Crippen LogP contribution in [0.15, 0.2) is 29.4 Å². The maximum absolute atomic E-state index is 8.36. The highest BCUT2D eigenvalue weighted by Gasteiger charge is 1.94. The Balaban J connectivity index is 0. The molecular formula is C10H16N2. The van der Waals surface area contributed by atoms with Crippen molar-refractivity contribution in [1.29, 1.82) is 5.26 Å². The van der Waals surface area contributed by atoms with E-state index >= 15 is 0 Å². The predicted molar refractivity (Wildman–Crippen MR) is 54.0 cm³/mol. The lowest BCUT2D eigenvalue weighted by Crippen LogP contribution is -1.92. The Morgan fingerprint density at radius 3 is 1.92 bits per heavy atom. The van der Waals surface area contributed by atoms with E-state index in [9.17, 15) is 0 Å². The summed E-state index contributed by atoms with van der Waals surface area (Å²) >= 11 is 0. The van der Waals surface area contributed by atoms with Crippen molar-refractivity contribution in [2.75, 3.05) is 0 Å². The molecule has 0 spiro atoms. The fourth-order valence-electron chi connectivity index (χ4n) is 0.435. The Morgan fingerprint density at radius 1 is 1.25 bits per heavy atom. The third-order valence-electron chi connectivity index (χ3n) is 0.930. The lowest BCUT2D eigenvalue weighted by Gasteiger charge is -1.93. The monoisotopic (exact) mass is 164 g/mol. The van der Waals surface area contributed by atoms with Gasteiger partial charge in [-0.25, -0.2) is 0 Å². The summed E-state index contributed by atoms with van der Waals surface area (Å²) in [5, 5.41) is 8.36. The van der Waals surface area contributed by atoms with Crippen LogP contribution in [0.5, 0.6) is 0 Å². The van der Waals surface area contributed by atoms with Crippen molar-refractivity contribution >= 4 is 5.71 Å². The Hall–Kier alpha value is -1.36. The number of hydrogen-bond acceptors (Lipinski definition) is 2. The summed E-state index contributed by atoms with van der Waals surface area (Å²) in [6, 6.07) is 1.90. The van der Waals surface area contributed by atoms with E-state index in [1.165, 1.54) is 0 Å². The molecule has 0 N–H and O–H groups in total. The fraction of sp³-hybridized carbons (Fsp3) is 0.400. The standard InChI is InChI=1S/C8H10N2.C2H6/c1-6(2)10-8(4)7(3)5-9;1-2/h1,3H2,2,4H3;1-2H3. The van der Waals surface area contributed by atoms with Gasteiger partial charge in [-0.3, -0.25) is 4.99 Å². The molecule has 0 bridgehead atoms. The summed E-state index contributed by atoms with van der Waals surface area (Å²) in [6.45, 7) is 14.6. The molecule has 0 rings (SSSR count). The van der Waals surface area contributed by atoms with E-state index in [0.29, 0.717) is 17.0 Å². The first-order chi connectivity index (χ1) is 5.57. The minimum atomic E-state index is 0.392. The third-order valence-corrected chi connectivity index (χ3v) is 0.930. The first-order valence-corrected chi connectivity index (χ1v) is 3.88. The minimum Gasteiger partial charge on any atom is -0.258 e. The number of nitriles is 1. The second-order valence-corrected chi connectivity index (χ2v) is 2.02. The Kier molecular flexibility index (Phi) is 8.55. The largest absolute Gasteiger partial charge is 0.258 e. The molecule has 0 aliphatic carbocycles. The molecule has 0 amide bonds. The highest BCUT2D eigenvalue weighted by Crippen LogP contribution is 1.97. The molecule has 0 aliphatic heterocycles. The van der Waals surface area contributed by atoms with Gasteiger partial charge >= 0.3 is 0 Å². The first-order valence-electron chi connectivity index (χ1n) is 3.88. The number of rotatable bonds is 2. The zero-order chi connectivity index (χ0) is 10.1. The van der Waals surface area contributed by atoms with Crippen molar-refractivity contribution < 1.29 is 0 Å². The van der Waals surface area contributed by atoms with Gasteiger partial charge in [0.05, 0.1) is 11.3 Å². The van der Waals surface area contributed by atoms with Gasteiger partial charge in [0.25, 0.3) is 0 Å². The van der Waals surface area contributed by atoms with Crippen LogP contribution in [0.3, 0.4) is 0 Å². The maximum Gasteiger partial charge on any atom is 0.100 e. The predicted octanol–water partition coefficient (Wildman–Crippen LogP) is 3.09. The van der Waals surface area contributed by atoms with E-state index in [1.54, 1.807) is 13.8 Å². The minimum absolute atomic E-state index is 0.392. The van der Waals surface area contributed by atoms with Crippen molar-refractivity contribution in [1.82, 2.24) is 0 Å². The van der Waals surface area contributed by atoms with Gasteiger partial charge in [-0.2, -0.15) is 5.26 Å². The molecule has 0 aromatic carbocycles. The van der Waals surface area contributed by atoms with Crippen molar-refractivity contribution in [3.8, 4) is 6.07 Å². The van der Waals surface area contributed by atoms with Crippen LogP contribution in [0.2, 0.25) is 0 Å². The van der Waals surface area contributed by atoms with Gasteiger partial charge < -0.3 is 0 Å². The molecule has 0 saturated carbocycles. The maximum atomic E-state index is 8.36. The van der Waals surface area contributed by atoms with Crippen LogP contribution >= 0.6 is 0 Å². The van der Waals surface area contributed by atoms with Crippen LogP contribution in [0.25, 0.3) is 0 Å². The first kappa shape index (κ1) is 13.2. The second kappa shape index (κ2) is 7.74. The summed E-state index contributed by atoms with van der Waals surface area (Å²) in [5.74, 6) is 0. The Bertz CT molecular complexity index is 229. The van der Waals surface area contributed by atoms with E-state index in [0.717, 1.165) is 0 Å². The molecule has 0 atom stereocenters. The number of nitrogens with zero attached hydrogens (tertiary/aromatic N) is 2. The molecule has 66 valence electrons. The van der Waals surface area contributed by atoms with Gasteiger partial charge in [-0.05, 0) is 13.8 Å². The number of aliphatic imine (C=N–C) groups is 1. The summed E-state index contributed by atoms with van der Waals surface area (Å²) in [7, 11) is 0. The normalized spacial score (nSPS) is 9.08. The number of hydrogen-bond donors (Lipinski definition) is 0. The molecule has 0 aromatic rings. The molecule has 0 fully saturated rings. The topological polar surface area (TPSA) is 36.1 Å². The second-order valence-electron chi connectivity index (χ2n) is 2.02. The van der Waals surface area contributed by atoms with Crippen molar-refractivity contribution in [3.05, 3.63) is 24.4 Å². The smallest absolute Gasteiger partial charge is 0.100 e. The summed E-state index contributed by atoms with van der Waals surface area (Å²) in [4.78, 5) is 3.95. The van der Waals surface area contributed by atoms with E-state index in [-0.39, 0.29) is 0 Å². The van der Waals surface area contributed by atoms with E-state index < -0.39 is 0 Å². The van der Waals surface area contributed by atoms with Crippen LogP contribution < -0.4 is 0 Å². The lowest BCUT2D eigenvalue weighted by molar-refractivity contribution is 1.31. The molecule has 12 heavy (non-hydrogen) atoms. The molecule has 0 heterocycles. The van der Waals surface area contributed by atoms with E-state index in [4.69, 9.17) is 5.26 Å². The molecule has 0 saturated heterocycles. The van der Waals surface area contributed by atoms with E-state index in [1.807, 2.05) is 19.9 Å². The average molecular weight is 164 g/mol. The summed E-state index contributed by atoms with van der Waals surface area (Å²) in [5.41, 5.74) is 1.71.